The summed E-state index contributed by atoms with van der Waals surface area (Å²) in [6, 6.07) is 2.78. The molecule has 1 aliphatic rings. The monoisotopic (exact) mass is 351 g/mol. The van der Waals surface area contributed by atoms with Crippen LogP contribution >= 0.6 is 0 Å². The van der Waals surface area contributed by atoms with Crippen LogP contribution in [-0.4, -0.2) is 43.3 Å². The Bertz CT molecular complexity index is 792. The fraction of sp³-hybridized carbons (Fsp3) is 0.562. The summed E-state index contributed by atoms with van der Waals surface area (Å²) in [7, 11) is 1.49. The van der Waals surface area contributed by atoms with Crippen LogP contribution < -0.4 is 5.32 Å². The average molecular weight is 351 g/mol. The number of aryl methyl sites for hydroxylation is 1. The van der Waals surface area contributed by atoms with E-state index in [9.17, 15) is 14.3 Å². The molecule has 8 nitrogen and oxygen atoms in total. The van der Waals surface area contributed by atoms with Gasteiger partial charge in [0.25, 0.3) is 5.91 Å². The molecule has 2 N–H and O–H groups in total. The molecule has 0 unspecified atom stereocenters. The molecule has 0 bridgehead atoms. The number of aliphatic hydroxyl groups excluding tert-OH is 1. The van der Waals surface area contributed by atoms with Gasteiger partial charge in [-0.15, -0.1) is 5.10 Å². The lowest BCUT2D eigenvalue weighted by molar-refractivity contribution is 0.0814. The maximum Gasteiger partial charge on any atom is 0.275 e. The molecule has 0 aromatic carbocycles. The highest BCUT2D eigenvalue weighted by Crippen LogP contribution is 2.33. The Morgan fingerprint density at radius 1 is 1.40 bits per heavy atom. The molecule has 0 aliphatic carbocycles. The maximum atomic E-state index is 13.2. The van der Waals surface area contributed by atoms with Crippen molar-refractivity contribution < 1.29 is 19.0 Å². The van der Waals surface area contributed by atoms with Gasteiger partial charge < -0.3 is 15.2 Å². The lowest BCUT2D eigenvalue weighted by Gasteiger charge is -2.24. The summed E-state index contributed by atoms with van der Waals surface area (Å²) >= 11 is 0. The molecule has 2 aromatic heterocycles. The van der Waals surface area contributed by atoms with E-state index in [1.165, 1.54) is 11.7 Å². The van der Waals surface area contributed by atoms with Crippen LogP contribution in [0.4, 0.5) is 10.2 Å². The summed E-state index contributed by atoms with van der Waals surface area (Å²) in [5.41, 5.74) is 0.529. The summed E-state index contributed by atoms with van der Waals surface area (Å²) in [5.74, 6) is -0.889. The first-order chi connectivity index (χ1) is 11.6. The van der Waals surface area contributed by atoms with Crippen molar-refractivity contribution in [3.05, 3.63) is 29.5 Å². The van der Waals surface area contributed by atoms with Crippen LogP contribution in [0.25, 0.3) is 0 Å². The van der Waals surface area contributed by atoms with E-state index in [0.29, 0.717) is 12.2 Å². The van der Waals surface area contributed by atoms with Crippen molar-refractivity contribution in [2.45, 2.75) is 44.9 Å². The number of aromatic nitrogens is 4. The Kier molecular flexibility index (Phi) is 4.38. The fourth-order valence-corrected chi connectivity index (χ4v) is 2.86. The summed E-state index contributed by atoms with van der Waals surface area (Å²) in [6.07, 6.45) is -0.326. The summed E-state index contributed by atoms with van der Waals surface area (Å²) in [6.45, 7) is 6.22. The number of anilines is 1. The third kappa shape index (κ3) is 3.57. The predicted molar refractivity (Wildman–Crippen MR) is 87.7 cm³/mol. The summed E-state index contributed by atoms with van der Waals surface area (Å²) < 4.78 is 21.7. The van der Waals surface area contributed by atoms with Crippen LogP contribution in [-0.2, 0) is 17.3 Å². The van der Waals surface area contributed by atoms with Crippen LogP contribution in [0.3, 0.4) is 0 Å². The summed E-state index contributed by atoms with van der Waals surface area (Å²) in [5, 5.41) is 20.4. The largest absolute Gasteiger partial charge is 0.391 e. The second-order valence-electron chi connectivity index (χ2n) is 7.18. The number of carbonyl (C=O) groups excluding carboxylic acids is 1. The van der Waals surface area contributed by atoms with Crippen LogP contribution in [0.1, 0.15) is 49.5 Å². The van der Waals surface area contributed by atoms with E-state index in [2.05, 4.69) is 15.5 Å². The van der Waals surface area contributed by atoms with Gasteiger partial charge in [0.1, 0.15) is 11.8 Å². The fourth-order valence-electron chi connectivity index (χ4n) is 2.86. The van der Waals surface area contributed by atoms with Crippen molar-refractivity contribution in [1.82, 2.24) is 19.6 Å². The number of ether oxygens (including phenoxy) is 1. The van der Waals surface area contributed by atoms with Gasteiger partial charge in [-0.1, -0.05) is 0 Å². The SMILES string of the molecule is Cn1nc(F)cc1C(=O)Nc1cc([C@H]2C[C@@H](O)CO2)n(C(C)(C)C)n1. The molecule has 1 aliphatic heterocycles. The van der Waals surface area contributed by atoms with E-state index in [4.69, 9.17) is 4.74 Å². The highest BCUT2D eigenvalue weighted by Gasteiger charge is 2.31. The van der Waals surface area contributed by atoms with Gasteiger partial charge in [0.15, 0.2) is 5.82 Å². The zero-order chi connectivity index (χ0) is 18.4. The van der Waals surface area contributed by atoms with Gasteiger partial charge in [-0.3, -0.25) is 14.2 Å². The van der Waals surface area contributed by atoms with E-state index >= 15 is 0 Å². The van der Waals surface area contributed by atoms with Crippen molar-refractivity contribution in [2.24, 2.45) is 7.05 Å². The Balaban J connectivity index is 1.88. The zero-order valence-electron chi connectivity index (χ0n) is 14.7. The Morgan fingerprint density at radius 3 is 2.64 bits per heavy atom. The molecule has 3 rings (SSSR count). The third-order valence-corrected chi connectivity index (χ3v) is 4.00. The minimum absolute atomic E-state index is 0.0943. The number of rotatable bonds is 3. The first-order valence-electron chi connectivity index (χ1n) is 8.06. The standard InChI is InChI=1S/C16H22FN5O3/c1-16(2,3)22-10(12-5-9(23)8-25-12)7-14(20-22)18-15(24)11-6-13(17)19-21(11)4/h6-7,9,12,23H,5,8H2,1-4H3,(H,18,20,24)/t9-,12-/m1/s1. The second kappa shape index (κ2) is 6.23. The van der Waals surface area contributed by atoms with Crippen molar-refractivity contribution >= 4 is 11.7 Å². The molecule has 136 valence electrons. The van der Waals surface area contributed by atoms with Gasteiger partial charge in [-0.05, 0) is 20.8 Å². The number of hydrogen-bond donors (Lipinski definition) is 2. The van der Waals surface area contributed by atoms with E-state index in [-0.39, 0.29) is 23.9 Å². The molecule has 1 amide bonds. The van der Waals surface area contributed by atoms with E-state index in [0.717, 1.165) is 11.8 Å². The topological polar surface area (TPSA) is 94.2 Å². The normalized spacial score (nSPS) is 20.9. The molecular weight excluding hydrogens is 329 g/mol. The lowest BCUT2D eigenvalue weighted by atomic mass is 10.1. The Labute approximate surface area is 144 Å². The average Bonchev–Trinajstić information content (AvgIpc) is 3.17. The zero-order valence-corrected chi connectivity index (χ0v) is 14.7. The minimum Gasteiger partial charge on any atom is -0.391 e. The second-order valence-corrected chi connectivity index (χ2v) is 7.18. The maximum absolute atomic E-state index is 13.2. The lowest BCUT2D eigenvalue weighted by Crippen LogP contribution is -2.26. The molecule has 1 fully saturated rings. The summed E-state index contributed by atoms with van der Waals surface area (Å²) in [4.78, 5) is 12.3. The molecule has 25 heavy (non-hydrogen) atoms. The highest BCUT2D eigenvalue weighted by molar-refractivity contribution is 6.02. The number of amides is 1. The van der Waals surface area contributed by atoms with Crippen molar-refractivity contribution in [3.8, 4) is 0 Å². The van der Waals surface area contributed by atoms with Gasteiger partial charge in [-0.2, -0.15) is 9.49 Å². The molecule has 0 saturated carbocycles. The first-order valence-corrected chi connectivity index (χ1v) is 8.06. The van der Waals surface area contributed by atoms with Gasteiger partial charge in [0, 0.05) is 25.6 Å². The number of nitrogens with zero attached hydrogens (tertiary/aromatic N) is 4. The molecule has 3 heterocycles. The van der Waals surface area contributed by atoms with Gasteiger partial charge in [-0.25, -0.2) is 0 Å². The number of carbonyl (C=O) groups is 1. The Hall–Kier alpha value is -2.26. The molecule has 0 spiro atoms. The van der Waals surface area contributed by atoms with Gasteiger partial charge in [0.05, 0.1) is 23.9 Å². The molecule has 2 aromatic rings. The van der Waals surface area contributed by atoms with E-state index < -0.39 is 18.0 Å². The molecular formula is C16H22FN5O3. The molecule has 1 saturated heterocycles. The number of halogens is 1. The molecule has 9 heteroatoms. The van der Waals surface area contributed by atoms with Crippen LogP contribution in [0, 0.1) is 5.95 Å². The van der Waals surface area contributed by atoms with Crippen molar-refractivity contribution in [1.29, 1.82) is 0 Å². The smallest absolute Gasteiger partial charge is 0.275 e. The van der Waals surface area contributed by atoms with Crippen LogP contribution in [0.2, 0.25) is 0 Å². The Morgan fingerprint density at radius 2 is 2.12 bits per heavy atom. The number of aliphatic hydroxyl groups is 1. The molecule has 0 radical (unpaired) electrons. The highest BCUT2D eigenvalue weighted by atomic mass is 19.1. The number of nitrogens with one attached hydrogen (secondary N) is 1. The van der Waals surface area contributed by atoms with Crippen molar-refractivity contribution in [3.63, 3.8) is 0 Å². The van der Waals surface area contributed by atoms with Crippen LogP contribution in [0.5, 0.6) is 0 Å². The van der Waals surface area contributed by atoms with Crippen molar-refractivity contribution in [2.75, 3.05) is 11.9 Å². The third-order valence-electron chi connectivity index (χ3n) is 4.00. The number of hydrogen-bond acceptors (Lipinski definition) is 5. The van der Waals surface area contributed by atoms with E-state index in [1.807, 2.05) is 20.8 Å². The predicted octanol–water partition coefficient (Wildman–Crippen LogP) is 1.59. The first kappa shape index (κ1) is 17.6. The van der Waals surface area contributed by atoms with Crippen LogP contribution in [0.15, 0.2) is 12.1 Å². The van der Waals surface area contributed by atoms with Gasteiger partial charge in [0.2, 0.25) is 5.95 Å². The minimum atomic E-state index is -0.720. The van der Waals surface area contributed by atoms with Gasteiger partial charge >= 0.3 is 0 Å². The molecule has 2 atom stereocenters. The quantitative estimate of drug-likeness (QED) is 0.876. The van der Waals surface area contributed by atoms with E-state index in [1.54, 1.807) is 10.7 Å².